The van der Waals surface area contributed by atoms with E-state index >= 15 is 0 Å². The van der Waals surface area contributed by atoms with Crippen molar-refractivity contribution >= 4 is 17.5 Å². The highest BCUT2D eigenvalue weighted by molar-refractivity contribution is 5.90. The van der Waals surface area contributed by atoms with Crippen molar-refractivity contribution in [2.24, 2.45) is 5.92 Å². The number of likely N-dealkylation sites (tertiary alicyclic amines) is 1. The molecule has 1 N–H and O–H groups in total. The molecule has 0 unspecified atom stereocenters. The second-order valence-corrected chi connectivity index (χ2v) is 5.56. The van der Waals surface area contributed by atoms with Gasteiger partial charge in [0.25, 0.3) is 0 Å². The third-order valence-corrected chi connectivity index (χ3v) is 3.85. The first kappa shape index (κ1) is 14.3. The summed E-state index contributed by atoms with van der Waals surface area (Å²) in [5.41, 5.74) is 2.84. The van der Waals surface area contributed by atoms with E-state index in [9.17, 15) is 9.59 Å². The molecule has 0 aliphatic carbocycles. The van der Waals surface area contributed by atoms with Gasteiger partial charge < -0.3 is 14.6 Å². The van der Waals surface area contributed by atoms with Crippen LogP contribution in [-0.4, -0.2) is 39.2 Å². The van der Waals surface area contributed by atoms with Crippen LogP contribution in [0.3, 0.4) is 0 Å². The number of pyridine rings is 1. The Morgan fingerprint density at radius 3 is 3.00 bits per heavy atom. The summed E-state index contributed by atoms with van der Waals surface area (Å²) in [4.78, 5) is 29.4. The Balaban J connectivity index is 1.54. The molecule has 2 amide bonds. The lowest BCUT2D eigenvalue weighted by Gasteiger charge is -2.37. The van der Waals surface area contributed by atoms with E-state index < -0.39 is 0 Å². The molecule has 3 heterocycles. The van der Waals surface area contributed by atoms with E-state index in [2.05, 4.69) is 16.9 Å². The van der Waals surface area contributed by atoms with E-state index in [1.165, 1.54) is 6.08 Å². The summed E-state index contributed by atoms with van der Waals surface area (Å²) < 4.78 is 1.93. The monoisotopic (exact) mass is 298 g/mol. The molecule has 114 valence electrons. The summed E-state index contributed by atoms with van der Waals surface area (Å²) in [5.74, 6) is -0.302. The first-order valence-electron chi connectivity index (χ1n) is 7.20. The maximum atomic E-state index is 12.0. The fourth-order valence-corrected chi connectivity index (χ4v) is 2.50. The van der Waals surface area contributed by atoms with Gasteiger partial charge in [-0.2, -0.15) is 0 Å². The summed E-state index contributed by atoms with van der Waals surface area (Å²) in [6.07, 6.45) is 5.13. The van der Waals surface area contributed by atoms with Crippen molar-refractivity contribution in [3.8, 4) is 0 Å². The van der Waals surface area contributed by atoms with E-state index in [-0.39, 0.29) is 17.7 Å². The molecule has 2 aromatic heterocycles. The molecule has 0 atom stereocenters. The fourth-order valence-electron chi connectivity index (χ4n) is 2.50. The summed E-state index contributed by atoms with van der Waals surface area (Å²) in [6.45, 7) is 6.76. The summed E-state index contributed by atoms with van der Waals surface area (Å²) in [6, 6.07) is 4.01. The Morgan fingerprint density at radius 2 is 2.27 bits per heavy atom. The number of hydrogen-bond acceptors (Lipinski definition) is 3. The van der Waals surface area contributed by atoms with E-state index in [4.69, 9.17) is 0 Å². The number of carbonyl (C=O) groups excluding carboxylic acids is 2. The number of hydrogen-bond donors (Lipinski definition) is 1. The molecule has 1 fully saturated rings. The van der Waals surface area contributed by atoms with Crippen LogP contribution in [-0.2, 0) is 16.1 Å². The molecule has 0 saturated carbocycles. The Morgan fingerprint density at radius 1 is 1.50 bits per heavy atom. The SMILES string of the molecule is C=CC(=O)N1CC(C(=O)NCc2cn3ccc(C)cc3n2)C1. The van der Waals surface area contributed by atoms with Gasteiger partial charge in [-0.25, -0.2) is 4.98 Å². The normalized spacial score (nSPS) is 14.7. The van der Waals surface area contributed by atoms with Crippen LogP contribution in [0.1, 0.15) is 11.3 Å². The molecule has 22 heavy (non-hydrogen) atoms. The predicted octanol–water partition coefficient (Wildman–Crippen LogP) is 0.903. The molecule has 1 aliphatic rings. The van der Waals surface area contributed by atoms with Crippen LogP contribution >= 0.6 is 0 Å². The number of aryl methyl sites for hydroxylation is 1. The number of nitrogens with one attached hydrogen (secondary N) is 1. The molecule has 2 aromatic rings. The lowest BCUT2D eigenvalue weighted by Crippen LogP contribution is -2.55. The van der Waals surface area contributed by atoms with Gasteiger partial charge >= 0.3 is 0 Å². The minimum Gasteiger partial charge on any atom is -0.350 e. The van der Waals surface area contributed by atoms with Crippen LogP contribution in [0, 0.1) is 12.8 Å². The molecular formula is C16H18N4O2. The lowest BCUT2D eigenvalue weighted by molar-refractivity contribution is -0.139. The first-order valence-corrected chi connectivity index (χ1v) is 7.20. The third-order valence-electron chi connectivity index (χ3n) is 3.85. The van der Waals surface area contributed by atoms with Gasteiger partial charge in [-0.15, -0.1) is 0 Å². The standard InChI is InChI=1S/C16H18N4O2/c1-3-15(21)20-8-12(9-20)16(22)17-7-13-10-19-5-4-11(2)6-14(19)18-13/h3-6,10,12H,1,7-9H2,2H3,(H,17,22). The maximum absolute atomic E-state index is 12.0. The lowest BCUT2D eigenvalue weighted by atomic mass is 9.99. The highest BCUT2D eigenvalue weighted by Crippen LogP contribution is 2.16. The fraction of sp³-hybridized carbons (Fsp3) is 0.312. The quantitative estimate of drug-likeness (QED) is 0.853. The van der Waals surface area contributed by atoms with Gasteiger partial charge in [0.05, 0.1) is 18.2 Å². The van der Waals surface area contributed by atoms with Crippen molar-refractivity contribution in [2.75, 3.05) is 13.1 Å². The van der Waals surface area contributed by atoms with Crippen LogP contribution in [0.25, 0.3) is 5.65 Å². The van der Waals surface area contributed by atoms with Crippen LogP contribution < -0.4 is 5.32 Å². The van der Waals surface area contributed by atoms with E-state index in [0.29, 0.717) is 19.6 Å². The number of aromatic nitrogens is 2. The first-order chi connectivity index (χ1) is 10.6. The van der Waals surface area contributed by atoms with Crippen molar-refractivity contribution in [1.29, 1.82) is 0 Å². The zero-order valence-corrected chi connectivity index (χ0v) is 12.5. The zero-order valence-electron chi connectivity index (χ0n) is 12.5. The summed E-state index contributed by atoms with van der Waals surface area (Å²) in [5, 5.41) is 2.88. The Hall–Kier alpha value is -2.63. The van der Waals surface area contributed by atoms with Crippen LogP contribution in [0.2, 0.25) is 0 Å². The van der Waals surface area contributed by atoms with Gasteiger partial charge in [-0.1, -0.05) is 6.58 Å². The second kappa shape index (κ2) is 5.63. The van der Waals surface area contributed by atoms with Gasteiger partial charge in [0.2, 0.25) is 11.8 Å². The number of rotatable bonds is 4. The molecular weight excluding hydrogens is 280 g/mol. The van der Waals surface area contributed by atoms with Crippen molar-refractivity contribution < 1.29 is 9.59 Å². The smallest absolute Gasteiger partial charge is 0.246 e. The minimum absolute atomic E-state index is 0.0404. The van der Waals surface area contributed by atoms with Crippen molar-refractivity contribution in [3.63, 3.8) is 0 Å². The second-order valence-electron chi connectivity index (χ2n) is 5.56. The third kappa shape index (κ3) is 2.72. The molecule has 0 bridgehead atoms. The average Bonchev–Trinajstić information content (AvgIpc) is 2.85. The average molecular weight is 298 g/mol. The molecule has 0 radical (unpaired) electrons. The summed E-state index contributed by atoms with van der Waals surface area (Å²) in [7, 11) is 0. The zero-order chi connectivity index (χ0) is 15.7. The Bertz CT molecular complexity index is 744. The number of fused-ring (bicyclic) bond motifs is 1. The molecule has 0 aromatic carbocycles. The van der Waals surface area contributed by atoms with Crippen LogP contribution in [0.5, 0.6) is 0 Å². The van der Waals surface area contributed by atoms with E-state index in [1.807, 2.05) is 35.9 Å². The molecule has 1 aliphatic heterocycles. The predicted molar refractivity (Wildman–Crippen MR) is 82.0 cm³/mol. The minimum atomic E-state index is -0.136. The highest BCUT2D eigenvalue weighted by atomic mass is 16.2. The molecule has 6 nitrogen and oxygen atoms in total. The largest absolute Gasteiger partial charge is 0.350 e. The Kier molecular flexibility index (Phi) is 3.66. The van der Waals surface area contributed by atoms with Gasteiger partial charge in [-0.05, 0) is 30.7 Å². The number of carbonyl (C=O) groups is 2. The van der Waals surface area contributed by atoms with Gasteiger partial charge in [0.1, 0.15) is 5.65 Å². The summed E-state index contributed by atoms with van der Waals surface area (Å²) >= 11 is 0. The van der Waals surface area contributed by atoms with Gasteiger partial charge in [0.15, 0.2) is 0 Å². The van der Waals surface area contributed by atoms with Crippen molar-refractivity contribution in [3.05, 3.63) is 48.4 Å². The van der Waals surface area contributed by atoms with E-state index in [0.717, 1.165) is 16.9 Å². The maximum Gasteiger partial charge on any atom is 0.246 e. The van der Waals surface area contributed by atoms with Gasteiger partial charge in [-0.3, -0.25) is 9.59 Å². The van der Waals surface area contributed by atoms with Crippen LogP contribution in [0.15, 0.2) is 37.2 Å². The molecule has 6 heteroatoms. The van der Waals surface area contributed by atoms with E-state index in [1.54, 1.807) is 4.90 Å². The van der Waals surface area contributed by atoms with Crippen molar-refractivity contribution in [1.82, 2.24) is 19.6 Å². The molecule has 1 saturated heterocycles. The molecule has 3 rings (SSSR count). The topological polar surface area (TPSA) is 66.7 Å². The number of amides is 2. The Labute approximate surface area is 128 Å². The number of nitrogens with zero attached hydrogens (tertiary/aromatic N) is 3. The number of imidazole rings is 1. The van der Waals surface area contributed by atoms with Crippen LogP contribution in [0.4, 0.5) is 0 Å². The van der Waals surface area contributed by atoms with Crippen molar-refractivity contribution in [2.45, 2.75) is 13.5 Å². The highest BCUT2D eigenvalue weighted by Gasteiger charge is 2.34. The molecule has 0 spiro atoms. The van der Waals surface area contributed by atoms with Gasteiger partial charge in [0, 0.05) is 25.5 Å².